The van der Waals surface area contributed by atoms with E-state index in [1.165, 1.54) is 62.5 Å². The molecule has 114 valence electrons. The Balaban J connectivity index is 1.78. The number of nitrogens with zero attached hydrogens (tertiary/aromatic N) is 1. The maximum Gasteiger partial charge on any atom is 0.0625 e. The van der Waals surface area contributed by atoms with Crippen LogP contribution in [-0.2, 0) is 6.42 Å². The molecule has 1 aliphatic rings. The van der Waals surface area contributed by atoms with Crippen LogP contribution < -0.4 is 0 Å². The molecule has 0 heterocycles. The zero-order valence-corrected chi connectivity index (χ0v) is 13.5. The van der Waals surface area contributed by atoms with Gasteiger partial charge in [0.05, 0.1) is 6.07 Å². The molecule has 0 radical (unpaired) electrons. The fourth-order valence-corrected chi connectivity index (χ4v) is 3.62. The van der Waals surface area contributed by atoms with Crippen LogP contribution in [0.5, 0.6) is 0 Å². The van der Waals surface area contributed by atoms with Gasteiger partial charge in [-0.2, -0.15) is 5.26 Å². The number of hydrogen-bond donors (Lipinski definition) is 0. The van der Waals surface area contributed by atoms with Crippen molar-refractivity contribution in [1.29, 1.82) is 5.26 Å². The maximum atomic E-state index is 8.64. The highest BCUT2D eigenvalue weighted by Crippen LogP contribution is 2.37. The monoisotopic (exact) mass is 283 g/mol. The molecule has 0 amide bonds. The van der Waals surface area contributed by atoms with Gasteiger partial charge in [0.25, 0.3) is 0 Å². The molecular weight excluding hydrogens is 254 g/mol. The first kappa shape index (κ1) is 16.1. The molecule has 1 aromatic carbocycles. The number of nitriles is 1. The van der Waals surface area contributed by atoms with Crippen LogP contribution in [0.1, 0.15) is 81.8 Å². The van der Waals surface area contributed by atoms with Crippen LogP contribution in [0.3, 0.4) is 0 Å². The molecule has 1 saturated carbocycles. The molecule has 0 spiro atoms. The lowest BCUT2D eigenvalue weighted by atomic mass is 9.77. The molecule has 21 heavy (non-hydrogen) atoms. The van der Waals surface area contributed by atoms with Crippen LogP contribution >= 0.6 is 0 Å². The van der Waals surface area contributed by atoms with Gasteiger partial charge in [0.1, 0.15) is 0 Å². The third kappa shape index (κ3) is 5.20. The van der Waals surface area contributed by atoms with Crippen LogP contribution in [-0.4, -0.2) is 0 Å². The van der Waals surface area contributed by atoms with Crippen molar-refractivity contribution in [3.05, 3.63) is 35.4 Å². The van der Waals surface area contributed by atoms with E-state index in [0.717, 1.165) is 18.3 Å². The van der Waals surface area contributed by atoms with Crippen molar-refractivity contribution in [3.63, 3.8) is 0 Å². The van der Waals surface area contributed by atoms with Gasteiger partial charge in [-0.15, -0.1) is 0 Å². The smallest absolute Gasteiger partial charge is 0.0625 e. The zero-order valence-electron chi connectivity index (χ0n) is 13.5. The predicted octanol–water partition coefficient (Wildman–Crippen LogP) is 6.00. The minimum Gasteiger partial charge on any atom is -0.198 e. The molecule has 1 fully saturated rings. The average Bonchev–Trinajstić information content (AvgIpc) is 2.54. The van der Waals surface area contributed by atoms with Gasteiger partial charge >= 0.3 is 0 Å². The highest BCUT2D eigenvalue weighted by Gasteiger charge is 2.21. The maximum absolute atomic E-state index is 8.64. The van der Waals surface area contributed by atoms with Crippen molar-refractivity contribution in [1.82, 2.24) is 0 Å². The first-order valence-corrected chi connectivity index (χ1v) is 8.79. The summed E-state index contributed by atoms with van der Waals surface area (Å²) >= 11 is 0. The standard InChI is InChI=1S/C20H29N/c1-2-3-4-6-17-8-12-19(13-9-17)20-14-10-18(11-15-20)7-5-16-21/h10-11,14-15,17,19H,2-9,12-13H2,1H3. The van der Waals surface area contributed by atoms with Gasteiger partial charge in [-0.1, -0.05) is 56.9 Å². The summed E-state index contributed by atoms with van der Waals surface area (Å²) in [5.74, 6) is 1.76. The summed E-state index contributed by atoms with van der Waals surface area (Å²) in [6.45, 7) is 2.29. The fourth-order valence-electron chi connectivity index (χ4n) is 3.62. The second-order valence-electron chi connectivity index (χ2n) is 6.61. The molecule has 0 saturated heterocycles. The van der Waals surface area contributed by atoms with E-state index in [-0.39, 0.29) is 0 Å². The fraction of sp³-hybridized carbons (Fsp3) is 0.650. The largest absolute Gasteiger partial charge is 0.198 e. The number of unbranched alkanes of at least 4 members (excludes halogenated alkanes) is 2. The van der Waals surface area contributed by atoms with E-state index in [0.29, 0.717) is 6.42 Å². The quantitative estimate of drug-likeness (QED) is 0.563. The van der Waals surface area contributed by atoms with E-state index in [1.807, 2.05) is 0 Å². The number of benzene rings is 1. The van der Waals surface area contributed by atoms with E-state index in [4.69, 9.17) is 5.26 Å². The highest BCUT2D eigenvalue weighted by molar-refractivity contribution is 5.26. The van der Waals surface area contributed by atoms with Gasteiger partial charge in [-0.25, -0.2) is 0 Å². The predicted molar refractivity (Wildman–Crippen MR) is 89.2 cm³/mol. The second-order valence-corrected chi connectivity index (χ2v) is 6.61. The minimum absolute atomic E-state index is 0.627. The van der Waals surface area contributed by atoms with Gasteiger partial charge in [-0.05, 0) is 55.1 Å². The van der Waals surface area contributed by atoms with Crippen molar-refractivity contribution in [3.8, 4) is 6.07 Å². The van der Waals surface area contributed by atoms with Gasteiger partial charge in [0, 0.05) is 6.42 Å². The summed E-state index contributed by atoms with van der Waals surface area (Å²) in [5.41, 5.74) is 2.82. The van der Waals surface area contributed by atoms with E-state index >= 15 is 0 Å². The SMILES string of the molecule is CCCCCC1CCC(c2ccc(CCC#N)cc2)CC1. The number of rotatable bonds is 7. The molecule has 1 aliphatic carbocycles. The molecular formula is C20H29N. The Bertz CT molecular complexity index is 432. The molecule has 0 N–H and O–H groups in total. The zero-order chi connectivity index (χ0) is 14.9. The van der Waals surface area contributed by atoms with E-state index in [1.54, 1.807) is 0 Å². The second kappa shape index (κ2) is 8.88. The van der Waals surface area contributed by atoms with Gasteiger partial charge in [0.15, 0.2) is 0 Å². The van der Waals surface area contributed by atoms with Crippen molar-refractivity contribution >= 4 is 0 Å². The molecule has 0 aliphatic heterocycles. The molecule has 0 unspecified atom stereocenters. The van der Waals surface area contributed by atoms with Crippen molar-refractivity contribution in [2.24, 2.45) is 5.92 Å². The first-order chi connectivity index (χ1) is 10.3. The van der Waals surface area contributed by atoms with Gasteiger partial charge < -0.3 is 0 Å². The van der Waals surface area contributed by atoms with Gasteiger partial charge in [-0.3, -0.25) is 0 Å². The molecule has 1 aromatic rings. The minimum atomic E-state index is 0.627. The lowest BCUT2D eigenvalue weighted by molar-refractivity contribution is 0.303. The summed E-state index contributed by atoms with van der Waals surface area (Å²) in [4.78, 5) is 0. The summed E-state index contributed by atoms with van der Waals surface area (Å²) in [5, 5.41) is 8.64. The van der Waals surface area contributed by atoms with E-state index < -0.39 is 0 Å². The Hall–Kier alpha value is -1.29. The molecule has 0 atom stereocenters. The van der Waals surface area contributed by atoms with Crippen molar-refractivity contribution in [2.75, 3.05) is 0 Å². The summed E-state index contributed by atoms with van der Waals surface area (Å²) < 4.78 is 0. The third-order valence-electron chi connectivity index (χ3n) is 5.04. The molecule has 1 nitrogen and oxygen atoms in total. The summed E-state index contributed by atoms with van der Waals surface area (Å²) in [6.07, 6.45) is 12.7. The number of aryl methyl sites for hydroxylation is 1. The van der Waals surface area contributed by atoms with E-state index in [2.05, 4.69) is 37.3 Å². The molecule has 2 rings (SSSR count). The lowest BCUT2D eigenvalue weighted by Crippen LogP contribution is -2.13. The van der Waals surface area contributed by atoms with E-state index in [9.17, 15) is 0 Å². The number of hydrogen-bond acceptors (Lipinski definition) is 1. The topological polar surface area (TPSA) is 23.8 Å². The van der Waals surface area contributed by atoms with Crippen LogP contribution in [0.25, 0.3) is 0 Å². The van der Waals surface area contributed by atoms with Crippen LogP contribution in [0.2, 0.25) is 0 Å². The average molecular weight is 283 g/mol. The Morgan fingerprint density at radius 1 is 1.05 bits per heavy atom. The Morgan fingerprint density at radius 3 is 2.38 bits per heavy atom. The Morgan fingerprint density at radius 2 is 1.76 bits per heavy atom. The van der Waals surface area contributed by atoms with Crippen molar-refractivity contribution < 1.29 is 0 Å². The van der Waals surface area contributed by atoms with Gasteiger partial charge in [0.2, 0.25) is 0 Å². The molecule has 0 aromatic heterocycles. The van der Waals surface area contributed by atoms with Crippen LogP contribution in [0.4, 0.5) is 0 Å². The normalized spacial score (nSPS) is 21.9. The molecule has 0 bridgehead atoms. The lowest BCUT2D eigenvalue weighted by Gasteiger charge is -2.29. The highest BCUT2D eigenvalue weighted by atomic mass is 14.3. The first-order valence-electron chi connectivity index (χ1n) is 8.79. The van der Waals surface area contributed by atoms with Crippen molar-refractivity contribution in [2.45, 2.75) is 77.0 Å². The summed E-state index contributed by atoms with van der Waals surface area (Å²) in [6, 6.07) is 11.3. The Kier molecular flexibility index (Phi) is 6.80. The van der Waals surface area contributed by atoms with Crippen LogP contribution in [0, 0.1) is 17.2 Å². The summed E-state index contributed by atoms with van der Waals surface area (Å²) in [7, 11) is 0. The third-order valence-corrected chi connectivity index (χ3v) is 5.04. The Labute approximate surface area is 130 Å². The van der Waals surface area contributed by atoms with Crippen LogP contribution in [0.15, 0.2) is 24.3 Å². The molecule has 1 heteroatoms.